The van der Waals surface area contributed by atoms with Crippen LogP contribution in [0, 0.1) is 19.7 Å². The van der Waals surface area contributed by atoms with Crippen molar-refractivity contribution >= 4 is 11.7 Å². The van der Waals surface area contributed by atoms with E-state index in [0.29, 0.717) is 22.6 Å². The maximum Gasteiger partial charge on any atom is 0.328 e. The molecule has 0 aliphatic rings. The Bertz CT molecular complexity index is 637. The van der Waals surface area contributed by atoms with Crippen molar-refractivity contribution in [3.8, 4) is 0 Å². The van der Waals surface area contributed by atoms with Gasteiger partial charge >= 0.3 is 5.97 Å². The number of hydrogen-bond donors (Lipinski definition) is 1. The molecule has 5 nitrogen and oxygen atoms in total. The fraction of sp³-hybridized carbons (Fsp3) is 0.286. The summed E-state index contributed by atoms with van der Waals surface area (Å²) in [7, 11) is 0. The molecule has 0 bridgehead atoms. The standard InChI is InChI=1S/C14H16FN3O2/c1-9-14(16)10(2)18(17-9)7-13(19)20-8-11-5-3-4-6-12(11)15/h3-6H,7-8,16H2,1-2H3. The molecule has 2 rings (SSSR count). The second-order valence-electron chi connectivity index (χ2n) is 4.49. The molecule has 0 radical (unpaired) electrons. The van der Waals surface area contributed by atoms with Crippen LogP contribution in [0.4, 0.5) is 10.1 Å². The molecule has 0 spiro atoms. The van der Waals surface area contributed by atoms with Crippen molar-refractivity contribution in [2.24, 2.45) is 0 Å². The Morgan fingerprint density at radius 2 is 2.10 bits per heavy atom. The first kappa shape index (κ1) is 14.0. The van der Waals surface area contributed by atoms with Crippen LogP contribution in [0.1, 0.15) is 17.0 Å². The minimum Gasteiger partial charge on any atom is -0.459 e. The first-order valence-corrected chi connectivity index (χ1v) is 6.17. The molecule has 1 aromatic carbocycles. The van der Waals surface area contributed by atoms with Crippen LogP contribution in [-0.4, -0.2) is 15.7 Å². The maximum atomic E-state index is 13.4. The lowest BCUT2D eigenvalue weighted by molar-refractivity contribution is -0.146. The number of hydrogen-bond acceptors (Lipinski definition) is 4. The Morgan fingerprint density at radius 3 is 2.70 bits per heavy atom. The summed E-state index contributed by atoms with van der Waals surface area (Å²) in [6.45, 7) is 3.40. The summed E-state index contributed by atoms with van der Waals surface area (Å²) >= 11 is 0. The molecule has 0 fully saturated rings. The molecule has 2 N–H and O–H groups in total. The molecule has 2 aromatic rings. The monoisotopic (exact) mass is 277 g/mol. The maximum absolute atomic E-state index is 13.4. The highest BCUT2D eigenvalue weighted by Crippen LogP contribution is 2.15. The van der Waals surface area contributed by atoms with Crippen LogP contribution in [0.5, 0.6) is 0 Å². The Kier molecular flexibility index (Phi) is 4.02. The molecule has 0 unspecified atom stereocenters. The molecule has 0 saturated heterocycles. The highest BCUT2D eigenvalue weighted by molar-refractivity contribution is 5.69. The first-order valence-electron chi connectivity index (χ1n) is 6.17. The van der Waals surface area contributed by atoms with Gasteiger partial charge in [-0.05, 0) is 19.9 Å². The number of aromatic nitrogens is 2. The van der Waals surface area contributed by atoms with E-state index in [4.69, 9.17) is 10.5 Å². The fourth-order valence-electron chi connectivity index (χ4n) is 1.81. The number of carbonyl (C=O) groups excluding carboxylic acids is 1. The number of nitrogens with zero attached hydrogens (tertiary/aromatic N) is 2. The van der Waals surface area contributed by atoms with Crippen molar-refractivity contribution in [3.05, 3.63) is 47.0 Å². The van der Waals surface area contributed by atoms with E-state index in [1.165, 1.54) is 10.7 Å². The highest BCUT2D eigenvalue weighted by atomic mass is 19.1. The van der Waals surface area contributed by atoms with Crippen LogP contribution in [0.2, 0.25) is 0 Å². The number of anilines is 1. The molecule has 0 saturated carbocycles. The van der Waals surface area contributed by atoms with E-state index in [-0.39, 0.29) is 13.2 Å². The smallest absolute Gasteiger partial charge is 0.328 e. The van der Waals surface area contributed by atoms with Gasteiger partial charge < -0.3 is 10.5 Å². The average molecular weight is 277 g/mol. The zero-order valence-electron chi connectivity index (χ0n) is 11.4. The molecule has 0 atom stereocenters. The fourth-order valence-corrected chi connectivity index (χ4v) is 1.81. The lowest BCUT2D eigenvalue weighted by Gasteiger charge is -2.07. The van der Waals surface area contributed by atoms with Crippen LogP contribution in [-0.2, 0) is 22.7 Å². The zero-order valence-corrected chi connectivity index (χ0v) is 11.4. The van der Waals surface area contributed by atoms with Gasteiger partial charge in [-0.1, -0.05) is 18.2 Å². The molecular weight excluding hydrogens is 261 g/mol. The Labute approximate surface area is 116 Å². The summed E-state index contributed by atoms with van der Waals surface area (Å²) in [6, 6.07) is 6.17. The van der Waals surface area contributed by atoms with Crippen LogP contribution in [0.25, 0.3) is 0 Å². The predicted octanol–water partition coefficient (Wildman–Crippen LogP) is 1.96. The third-order valence-corrected chi connectivity index (χ3v) is 3.06. The van der Waals surface area contributed by atoms with Gasteiger partial charge in [0.1, 0.15) is 19.0 Å². The van der Waals surface area contributed by atoms with Gasteiger partial charge in [0, 0.05) is 5.56 Å². The SMILES string of the molecule is Cc1nn(CC(=O)OCc2ccccc2F)c(C)c1N. The summed E-state index contributed by atoms with van der Waals surface area (Å²) in [6.07, 6.45) is 0. The third-order valence-electron chi connectivity index (χ3n) is 3.06. The molecule has 6 heteroatoms. The normalized spacial score (nSPS) is 10.6. The zero-order chi connectivity index (χ0) is 14.7. The minimum absolute atomic E-state index is 0.0433. The van der Waals surface area contributed by atoms with Crippen molar-refractivity contribution in [3.63, 3.8) is 0 Å². The van der Waals surface area contributed by atoms with E-state index in [0.717, 1.165) is 0 Å². The molecule has 0 aliphatic heterocycles. The van der Waals surface area contributed by atoms with Crippen LogP contribution in [0.15, 0.2) is 24.3 Å². The number of carbonyl (C=O) groups is 1. The van der Waals surface area contributed by atoms with E-state index < -0.39 is 11.8 Å². The summed E-state index contributed by atoms with van der Waals surface area (Å²) in [5.41, 5.74) is 8.07. The summed E-state index contributed by atoms with van der Waals surface area (Å²) in [4.78, 5) is 11.7. The van der Waals surface area contributed by atoms with Gasteiger partial charge in [-0.3, -0.25) is 9.48 Å². The molecular formula is C14H16FN3O2. The van der Waals surface area contributed by atoms with Crippen molar-refractivity contribution in [1.29, 1.82) is 0 Å². The molecule has 20 heavy (non-hydrogen) atoms. The van der Waals surface area contributed by atoms with Gasteiger partial charge in [0.15, 0.2) is 0 Å². The van der Waals surface area contributed by atoms with Crippen molar-refractivity contribution < 1.29 is 13.9 Å². The number of ether oxygens (including phenoxy) is 1. The van der Waals surface area contributed by atoms with Gasteiger partial charge in [-0.2, -0.15) is 5.10 Å². The van der Waals surface area contributed by atoms with Gasteiger partial charge in [0.2, 0.25) is 0 Å². The molecule has 1 aromatic heterocycles. The Balaban J connectivity index is 1.96. The number of rotatable bonds is 4. The van der Waals surface area contributed by atoms with E-state index >= 15 is 0 Å². The number of nitrogens with two attached hydrogens (primary N) is 1. The second kappa shape index (κ2) is 5.73. The van der Waals surface area contributed by atoms with E-state index in [9.17, 15) is 9.18 Å². The van der Waals surface area contributed by atoms with Crippen molar-refractivity contribution in [2.75, 3.05) is 5.73 Å². The Morgan fingerprint density at radius 1 is 1.40 bits per heavy atom. The molecule has 0 amide bonds. The topological polar surface area (TPSA) is 70.1 Å². The number of nitrogen functional groups attached to an aromatic ring is 1. The largest absolute Gasteiger partial charge is 0.459 e. The second-order valence-corrected chi connectivity index (χ2v) is 4.49. The molecule has 106 valence electrons. The van der Waals surface area contributed by atoms with Gasteiger partial charge in [0.05, 0.1) is 17.1 Å². The van der Waals surface area contributed by atoms with Gasteiger partial charge in [-0.25, -0.2) is 4.39 Å². The van der Waals surface area contributed by atoms with Crippen LogP contribution in [0.3, 0.4) is 0 Å². The lowest BCUT2D eigenvalue weighted by Crippen LogP contribution is -2.16. The van der Waals surface area contributed by atoms with Gasteiger partial charge in [0.25, 0.3) is 0 Å². The average Bonchev–Trinajstić information content (AvgIpc) is 2.65. The highest BCUT2D eigenvalue weighted by Gasteiger charge is 2.13. The summed E-state index contributed by atoms with van der Waals surface area (Å²) in [5, 5.41) is 4.14. The number of benzene rings is 1. The van der Waals surface area contributed by atoms with Gasteiger partial charge in [-0.15, -0.1) is 0 Å². The predicted molar refractivity (Wildman–Crippen MR) is 72.3 cm³/mol. The third kappa shape index (κ3) is 2.96. The Hall–Kier alpha value is -2.37. The molecule has 0 aliphatic carbocycles. The number of aryl methyl sites for hydroxylation is 1. The van der Waals surface area contributed by atoms with E-state index in [1.807, 2.05) is 0 Å². The first-order chi connectivity index (χ1) is 9.49. The minimum atomic E-state index is -0.487. The molecule has 1 heterocycles. The quantitative estimate of drug-likeness (QED) is 0.867. The van der Waals surface area contributed by atoms with Crippen molar-refractivity contribution in [1.82, 2.24) is 9.78 Å². The van der Waals surface area contributed by atoms with E-state index in [1.54, 1.807) is 32.0 Å². The van der Waals surface area contributed by atoms with Crippen molar-refractivity contribution in [2.45, 2.75) is 27.0 Å². The summed E-state index contributed by atoms with van der Waals surface area (Å²) < 4.78 is 19.9. The van der Waals surface area contributed by atoms with E-state index in [2.05, 4.69) is 5.10 Å². The van der Waals surface area contributed by atoms with Crippen LogP contribution < -0.4 is 5.73 Å². The lowest BCUT2D eigenvalue weighted by atomic mass is 10.2. The van der Waals surface area contributed by atoms with Crippen LogP contribution >= 0.6 is 0 Å². The number of esters is 1. The number of halogens is 1. The summed E-state index contributed by atoms with van der Waals surface area (Å²) in [5.74, 6) is -0.880.